The van der Waals surface area contributed by atoms with Crippen molar-refractivity contribution in [3.63, 3.8) is 0 Å². The number of carbonyl (C=O) groups is 1. The van der Waals surface area contributed by atoms with Crippen LogP contribution >= 0.6 is 11.8 Å². The Labute approximate surface area is 113 Å². The van der Waals surface area contributed by atoms with Gasteiger partial charge in [-0.25, -0.2) is 4.98 Å². The van der Waals surface area contributed by atoms with Crippen LogP contribution < -0.4 is 0 Å². The molecule has 2 rings (SSSR count). The zero-order chi connectivity index (χ0) is 13.0. The number of hydrogen-bond acceptors (Lipinski definition) is 3. The maximum absolute atomic E-state index is 12.2. The van der Waals surface area contributed by atoms with Crippen LogP contribution in [0.5, 0.6) is 0 Å². The number of nitrogens with zero attached hydrogens (tertiary/aromatic N) is 3. The predicted octanol–water partition coefficient (Wildman–Crippen LogP) is 2.19. The van der Waals surface area contributed by atoms with Gasteiger partial charge in [-0.3, -0.25) is 4.79 Å². The summed E-state index contributed by atoms with van der Waals surface area (Å²) in [4.78, 5) is 18.2. The Morgan fingerprint density at radius 2 is 2.28 bits per heavy atom. The molecule has 1 aromatic rings. The van der Waals surface area contributed by atoms with Gasteiger partial charge in [0.1, 0.15) is 0 Å². The Balaban J connectivity index is 1.86. The number of rotatable bonds is 4. The van der Waals surface area contributed by atoms with Crippen molar-refractivity contribution >= 4 is 17.7 Å². The minimum absolute atomic E-state index is 0.181. The third kappa shape index (κ3) is 3.28. The van der Waals surface area contributed by atoms with Crippen LogP contribution in [0.3, 0.4) is 0 Å². The molecule has 0 aliphatic carbocycles. The number of hydrogen-bond donors (Lipinski definition) is 0. The van der Waals surface area contributed by atoms with Crippen molar-refractivity contribution in [1.82, 2.24) is 14.5 Å². The quantitative estimate of drug-likeness (QED) is 0.839. The summed E-state index contributed by atoms with van der Waals surface area (Å²) in [6, 6.07) is 0.620. The molecule has 18 heavy (non-hydrogen) atoms. The first kappa shape index (κ1) is 13.5. The molecule has 0 N–H and O–H groups in total. The molecule has 0 unspecified atom stereocenters. The lowest BCUT2D eigenvalue weighted by molar-refractivity contribution is -0.132. The predicted molar refractivity (Wildman–Crippen MR) is 74.7 cm³/mol. The van der Waals surface area contributed by atoms with Gasteiger partial charge in [-0.05, 0) is 31.3 Å². The first-order valence-corrected chi connectivity index (χ1v) is 7.65. The van der Waals surface area contributed by atoms with Crippen LogP contribution in [0.2, 0.25) is 0 Å². The molecule has 1 aliphatic rings. The normalized spacial score (nSPS) is 18.6. The highest BCUT2D eigenvalue weighted by molar-refractivity contribution is 7.99. The summed E-state index contributed by atoms with van der Waals surface area (Å²) in [5, 5.41) is 0. The van der Waals surface area contributed by atoms with Gasteiger partial charge in [-0.2, -0.15) is 11.8 Å². The van der Waals surface area contributed by atoms with Crippen molar-refractivity contribution in [2.24, 2.45) is 0 Å². The summed E-state index contributed by atoms with van der Waals surface area (Å²) in [5.41, 5.74) is 0. The minimum Gasteiger partial charge on any atom is -0.343 e. The zero-order valence-corrected chi connectivity index (χ0v) is 11.9. The second-order valence-electron chi connectivity index (χ2n) is 4.91. The molecular weight excluding hydrogens is 246 g/mol. The number of thioether (sulfide) groups is 1. The lowest BCUT2D eigenvalue weighted by Crippen LogP contribution is -2.39. The molecule has 0 saturated carbocycles. The molecule has 0 spiro atoms. The van der Waals surface area contributed by atoms with E-state index in [0.29, 0.717) is 12.5 Å². The topological polar surface area (TPSA) is 38.1 Å². The maximum atomic E-state index is 12.2. The van der Waals surface area contributed by atoms with Crippen molar-refractivity contribution in [2.45, 2.75) is 38.3 Å². The van der Waals surface area contributed by atoms with E-state index in [0.717, 1.165) is 12.8 Å². The fourth-order valence-corrected chi connectivity index (χ4v) is 3.39. The number of amides is 1. The molecule has 1 fully saturated rings. The third-order valence-electron chi connectivity index (χ3n) is 3.64. The largest absolute Gasteiger partial charge is 0.343 e. The SMILES string of the molecule is C[C@H](CC(=O)N(C)C1CCSCC1)n1ccnc1. The van der Waals surface area contributed by atoms with Crippen LogP contribution in [0, 0.1) is 0 Å². The lowest BCUT2D eigenvalue weighted by atomic mass is 10.1. The van der Waals surface area contributed by atoms with Gasteiger partial charge in [0.2, 0.25) is 5.91 Å². The lowest BCUT2D eigenvalue weighted by Gasteiger charge is -2.31. The number of imidazole rings is 1. The van der Waals surface area contributed by atoms with Crippen molar-refractivity contribution in [3.05, 3.63) is 18.7 Å². The third-order valence-corrected chi connectivity index (χ3v) is 4.68. The standard InChI is InChI=1S/C13H21N3OS/c1-11(16-6-5-14-10-16)9-13(17)15(2)12-3-7-18-8-4-12/h5-6,10-12H,3-4,7-9H2,1-2H3/t11-/m1/s1. The Kier molecular flexibility index (Phi) is 4.69. The second-order valence-corrected chi connectivity index (χ2v) is 6.14. The summed E-state index contributed by atoms with van der Waals surface area (Å²) in [6.07, 6.45) is 8.25. The molecule has 0 aromatic carbocycles. The van der Waals surface area contributed by atoms with E-state index in [9.17, 15) is 4.79 Å². The van der Waals surface area contributed by atoms with E-state index in [4.69, 9.17) is 0 Å². The van der Waals surface area contributed by atoms with Crippen molar-refractivity contribution in [3.8, 4) is 0 Å². The van der Waals surface area contributed by atoms with Gasteiger partial charge in [-0.15, -0.1) is 0 Å². The van der Waals surface area contributed by atoms with Crippen molar-refractivity contribution < 1.29 is 4.79 Å². The molecule has 4 nitrogen and oxygen atoms in total. The molecule has 1 atom stereocenters. The Bertz CT molecular complexity index is 374. The van der Waals surface area contributed by atoms with Gasteiger partial charge < -0.3 is 9.47 Å². The van der Waals surface area contributed by atoms with Crippen LogP contribution in [0.25, 0.3) is 0 Å². The molecule has 0 radical (unpaired) electrons. The molecule has 0 bridgehead atoms. The van der Waals surface area contributed by atoms with E-state index in [-0.39, 0.29) is 11.9 Å². The molecule has 2 heterocycles. The van der Waals surface area contributed by atoms with E-state index < -0.39 is 0 Å². The zero-order valence-electron chi connectivity index (χ0n) is 11.1. The fraction of sp³-hybridized carbons (Fsp3) is 0.692. The van der Waals surface area contributed by atoms with Crippen LogP contribution in [0.1, 0.15) is 32.2 Å². The number of aromatic nitrogens is 2. The Morgan fingerprint density at radius 1 is 1.56 bits per heavy atom. The summed E-state index contributed by atoms with van der Waals surface area (Å²) in [5.74, 6) is 2.60. The summed E-state index contributed by atoms with van der Waals surface area (Å²) in [7, 11) is 1.95. The van der Waals surface area contributed by atoms with Crippen LogP contribution in [0.4, 0.5) is 0 Å². The van der Waals surface area contributed by atoms with Crippen LogP contribution in [0.15, 0.2) is 18.7 Å². The van der Waals surface area contributed by atoms with E-state index in [2.05, 4.69) is 11.9 Å². The highest BCUT2D eigenvalue weighted by atomic mass is 32.2. The van der Waals surface area contributed by atoms with E-state index in [1.54, 1.807) is 12.5 Å². The van der Waals surface area contributed by atoms with Crippen LogP contribution in [-0.2, 0) is 4.79 Å². The molecule has 100 valence electrons. The summed E-state index contributed by atoms with van der Waals surface area (Å²) in [6.45, 7) is 2.06. The Hall–Kier alpha value is -0.970. The van der Waals surface area contributed by atoms with Crippen molar-refractivity contribution in [2.75, 3.05) is 18.6 Å². The van der Waals surface area contributed by atoms with E-state index >= 15 is 0 Å². The van der Waals surface area contributed by atoms with Crippen molar-refractivity contribution in [1.29, 1.82) is 0 Å². The molecule has 1 aliphatic heterocycles. The van der Waals surface area contributed by atoms with Gasteiger partial charge in [0.05, 0.1) is 6.33 Å². The van der Waals surface area contributed by atoms with Crippen LogP contribution in [-0.4, -0.2) is 45.0 Å². The maximum Gasteiger partial charge on any atom is 0.224 e. The van der Waals surface area contributed by atoms with Gasteiger partial charge in [0, 0.05) is 37.9 Å². The molecule has 1 amide bonds. The van der Waals surface area contributed by atoms with Gasteiger partial charge >= 0.3 is 0 Å². The fourth-order valence-electron chi connectivity index (χ4n) is 2.31. The average molecular weight is 267 g/mol. The van der Waals surface area contributed by atoms with Gasteiger partial charge in [0.15, 0.2) is 0 Å². The highest BCUT2D eigenvalue weighted by Crippen LogP contribution is 2.22. The highest BCUT2D eigenvalue weighted by Gasteiger charge is 2.23. The van der Waals surface area contributed by atoms with E-state index in [1.807, 2.05) is 34.5 Å². The molecule has 1 saturated heterocycles. The summed E-state index contributed by atoms with van der Waals surface area (Å²) < 4.78 is 1.99. The van der Waals surface area contributed by atoms with Gasteiger partial charge in [-0.1, -0.05) is 0 Å². The summed E-state index contributed by atoms with van der Waals surface area (Å²) >= 11 is 1.99. The average Bonchev–Trinajstić information content (AvgIpc) is 2.92. The minimum atomic E-state index is 0.181. The number of carbonyl (C=O) groups excluding carboxylic acids is 1. The molecule has 1 aromatic heterocycles. The smallest absolute Gasteiger partial charge is 0.224 e. The van der Waals surface area contributed by atoms with Gasteiger partial charge in [0.25, 0.3) is 0 Å². The van der Waals surface area contributed by atoms with E-state index in [1.165, 1.54) is 11.5 Å². The first-order chi connectivity index (χ1) is 8.68. The monoisotopic (exact) mass is 267 g/mol. The molecule has 5 heteroatoms. The first-order valence-electron chi connectivity index (χ1n) is 6.49. The second kappa shape index (κ2) is 6.27. The Morgan fingerprint density at radius 3 is 2.89 bits per heavy atom. The molecular formula is C13H21N3OS.